The first-order valence-corrected chi connectivity index (χ1v) is 9.74. The van der Waals surface area contributed by atoms with E-state index in [-0.39, 0.29) is 30.1 Å². The van der Waals surface area contributed by atoms with Crippen LogP contribution in [-0.4, -0.2) is 52.5 Å². The molecule has 1 atom stereocenters. The first kappa shape index (κ1) is 20.6. The van der Waals surface area contributed by atoms with Crippen LogP contribution >= 0.6 is 0 Å². The molecule has 1 saturated heterocycles. The molecule has 0 saturated carbocycles. The molecule has 1 fully saturated rings. The third-order valence-electron chi connectivity index (χ3n) is 5.16. The number of hydrogen-bond acceptors (Lipinski definition) is 4. The van der Waals surface area contributed by atoms with Crippen LogP contribution in [0.25, 0.3) is 0 Å². The van der Waals surface area contributed by atoms with Crippen molar-refractivity contribution in [2.75, 3.05) is 25.5 Å². The number of nitrogens with one attached hydrogen (secondary N) is 2. The minimum Gasteiger partial charge on any atom is -0.352 e. The second-order valence-electron chi connectivity index (χ2n) is 7.58. The summed E-state index contributed by atoms with van der Waals surface area (Å²) in [7, 11) is 3.57. The van der Waals surface area contributed by atoms with Gasteiger partial charge in [-0.25, -0.2) is 0 Å². The van der Waals surface area contributed by atoms with Gasteiger partial charge in [-0.15, -0.1) is 0 Å². The normalized spacial score (nSPS) is 16.2. The maximum absolute atomic E-state index is 12.5. The lowest BCUT2D eigenvalue weighted by molar-refractivity contribution is -0.127. The third kappa shape index (κ3) is 5.22. The molecule has 1 aliphatic heterocycles. The fourth-order valence-electron chi connectivity index (χ4n) is 3.37. The average molecular weight is 397 g/mol. The van der Waals surface area contributed by atoms with Gasteiger partial charge >= 0.3 is 0 Å². The number of anilines is 1. The number of carbonyl (C=O) groups is 3. The van der Waals surface area contributed by atoms with Crippen molar-refractivity contribution in [1.29, 1.82) is 0 Å². The monoisotopic (exact) mass is 397 g/mol. The number of aromatic nitrogens is 2. The molecule has 2 N–H and O–H groups in total. The number of carbonyl (C=O) groups excluding carboxylic acids is 3. The third-order valence-corrected chi connectivity index (χ3v) is 5.16. The first-order valence-electron chi connectivity index (χ1n) is 9.74. The van der Waals surface area contributed by atoms with Crippen molar-refractivity contribution in [3.8, 4) is 0 Å². The van der Waals surface area contributed by atoms with E-state index in [1.807, 2.05) is 32.4 Å². The molecule has 0 aliphatic carbocycles. The van der Waals surface area contributed by atoms with Crippen LogP contribution in [0.4, 0.5) is 5.69 Å². The summed E-state index contributed by atoms with van der Waals surface area (Å²) in [6, 6.07) is 5.24. The zero-order valence-electron chi connectivity index (χ0n) is 17.1. The lowest BCUT2D eigenvalue weighted by Gasteiger charge is -2.14. The van der Waals surface area contributed by atoms with E-state index in [1.54, 1.807) is 28.8 Å². The van der Waals surface area contributed by atoms with E-state index < -0.39 is 0 Å². The molecule has 3 rings (SSSR count). The fraction of sp³-hybridized carbons (Fsp3) is 0.429. The average Bonchev–Trinajstić information content (AvgIpc) is 3.25. The Morgan fingerprint density at radius 3 is 2.72 bits per heavy atom. The molecule has 1 unspecified atom stereocenters. The van der Waals surface area contributed by atoms with E-state index >= 15 is 0 Å². The summed E-state index contributed by atoms with van der Waals surface area (Å²) >= 11 is 0. The van der Waals surface area contributed by atoms with Crippen molar-refractivity contribution >= 4 is 23.4 Å². The molecule has 3 amide bonds. The van der Waals surface area contributed by atoms with Gasteiger partial charge in [0.25, 0.3) is 5.91 Å². The van der Waals surface area contributed by atoms with E-state index in [4.69, 9.17) is 0 Å². The maximum atomic E-state index is 12.5. The molecular formula is C21H27N5O3. The van der Waals surface area contributed by atoms with Gasteiger partial charge in [0.05, 0.1) is 12.1 Å². The van der Waals surface area contributed by atoms with Gasteiger partial charge in [0, 0.05) is 51.1 Å². The molecule has 0 bridgehead atoms. The molecule has 0 radical (unpaired) electrons. The Bertz CT molecular complexity index is 921. The lowest BCUT2D eigenvalue weighted by Crippen LogP contribution is -2.27. The Morgan fingerprint density at radius 1 is 1.28 bits per heavy atom. The molecule has 154 valence electrons. The number of amides is 3. The molecule has 29 heavy (non-hydrogen) atoms. The summed E-state index contributed by atoms with van der Waals surface area (Å²) in [6.45, 7) is 2.85. The molecule has 0 spiro atoms. The smallest absolute Gasteiger partial charge is 0.251 e. The summed E-state index contributed by atoms with van der Waals surface area (Å²) < 4.78 is 1.76. The first-order chi connectivity index (χ1) is 13.8. The number of aryl methyl sites for hydroxylation is 3. The van der Waals surface area contributed by atoms with E-state index in [0.29, 0.717) is 24.3 Å². The minimum atomic E-state index is -0.364. The van der Waals surface area contributed by atoms with Crippen molar-refractivity contribution in [2.45, 2.75) is 26.2 Å². The van der Waals surface area contributed by atoms with Gasteiger partial charge in [-0.3, -0.25) is 19.1 Å². The second kappa shape index (κ2) is 8.89. The van der Waals surface area contributed by atoms with Crippen molar-refractivity contribution < 1.29 is 14.4 Å². The Labute approximate surface area is 170 Å². The van der Waals surface area contributed by atoms with Crippen LogP contribution in [0.2, 0.25) is 0 Å². The lowest BCUT2D eigenvalue weighted by atomic mass is 10.1. The Kier molecular flexibility index (Phi) is 6.31. The zero-order valence-corrected chi connectivity index (χ0v) is 17.1. The van der Waals surface area contributed by atoms with Crippen LogP contribution in [-0.2, 0) is 23.1 Å². The molecule has 1 aromatic heterocycles. The number of rotatable bonds is 7. The van der Waals surface area contributed by atoms with Crippen molar-refractivity contribution in [1.82, 2.24) is 20.0 Å². The number of hydrogen-bond donors (Lipinski definition) is 2. The SMILES string of the molecule is Cc1ccc(C(=O)NCCCc2cnn(C)c2)cc1NC(=O)C1CC(=O)N(C)C1. The number of nitrogens with zero attached hydrogens (tertiary/aromatic N) is 3. The van der Waals surface area contributed by atoms with E-state index in [0.717, 1.165) is 24.0 Å². The molecule has 8 heteroatoms. The highest BCUT2D eigenvalue weighted by Crippen LogP contribution is 2.21. The van der Waals surface area contributed by atoms with Crippen molar-refractivity contribution in [2.24, 2.45) is 13.0 Å². The summed E-state index contributed by atoms with van der Waals surface area (Å²) in [6.07, 6.45) is 5.67. The van der Waals surface area contributed by atoms with E-state index in [2.05, 4.69) is 15.7 Å². The van der Waals surface area contributed by atoms with Gasteiger partial charge < -0.3 is 15.5 Å². The highest BCUT2D eigenvalue weighted by molar-refractivity contribution is 6.00. The Morgan fingerprint density at radius 2 is 2.07 bits per heavy atom. The van der Waals surface area contributed by atoms with Gasteiger partial charge in [0.15, 0.2) is 0 Å². The van der Waals surface area contributed by atoms with Crippen molar-refractivity contribution in [3.05, 3.63) is 47.3 Å². The highest BCUT2D eigenvalue weighted by atomic mass is 16.2. The quantitative estimate of drug-likeness (QED) is 0.692. The molecule has 1 aromatic carbocycles. The molecule has 2 aromatic rings. The molecular weight excluding hydrogens is 370 g/mol. The molecule has 8 nitrogen and oxygen atoms in total. The minimum absolute atomic E-state index is 0.0266. The Hall–Kier alpha value is -3.16. The van der Waals surface area contributed by atoms with Crippen LogP contribution in [0, 0.1) is 12.8 Å². The summed E-state index contributed by atoms with van der Waals surface area (Å²) in [5, 5.41) is 9.91. The largest absolute Gasteiger partial charge is 0.352 e. The topological polar surface area (TPSA) is 96.3 Å². The standard InChI is InChI=1S/C21H27N5O3/c1-14-6-7-16(20(28)22-8-4-5-15-11-23-26(3)12-15)9-18(14)24-21(29)17-10-19(27)25(2)13-17/h6-7,9,11-12,17H,4-5,8,10,13H2,1-3H3,(H,22,28)(H,24,29). The zero-order chi connectivity index (χ0) is 21.0. The predicted molar refractivity (Wildman–Crippen MR) is 109 cm³/mol. The van der Waals surface area contributed by atoms with Gasteiger partial charge in [0.1, 0.15) is 0 Å². The van der Waals surface area contributed by atoms with Crippen molar-refractivity contribution in [3.63, 3.8) is 0 Å². The van der Waals surface area contributed by atoms with E-state index in [1.165, 1.54) is 0 Å². The second-order valence-corrected chi connectivity index (χ2v) is 7.58. The van der Waals surface area contributed by atoms with Gasteiger partial charge in [-0.2, -0.15) is 5.10 Å². The predicted octanol–water partition coefficient (Wildman–Crippen LogP) is 1.51. The summed E-state index contributed by atoms with van der Waals surface area (Å²) in [5.41, 5.74) is 3.09. The van der Waals surface area contributed by atoms with Gasteiger partial charge in [-0.05, 0) is 43.0 Å². The van der Waals surface area contributed by atoms with Crippen LogP contribution in [0.15, 0.2) is 30.6 Å². The maximum Gasteiger partial charge on any atom is 0.251 e. The van der Waals surface area contributed by atoms with Crippen LogP contribution in [0.3, 0.4) is 0 Å². The van der Waals surface area contributed by atoms with Crippen LogP contribution < -0.4 is 10.6 Å². The number of likely N-dealkylation sites (tertiary alicyclic amines) is 1. The molecule has 2 heterocycles. The molecule has 1 aliphatic rings. The Balaban J connectivity index is 1.54. The number of benzene rings is 1. The van der Waals surface area contributed by atoms with Crippen LogP contribution in [0.1, 0.15) is 34.3 Å². The van der Waals surface area contributed by atoms with Gasteiger partial charge in [0.2, 0.25) is 11.8 Å². The van der Waals surface area contributed by atoms with Crippen LogP contribution in [0.5, 0.6) is 0 Å². The fourth-order valence-corrected chi connectivity index (χ4v) is 3.37. The van der Waals surface area contributed by atoms with E-state index in [9.17, 15) is 14.4 Å². The highest BCUT2D eigenvalue weighted by Gasteiger charge is 2.32. The summed E-state index contributed by atoms with van der Waals surface area (Å²) in [4.78, 5) is 38.2. The van der Waals surface area contributed by atoms with Gasteiger partial charge in [-0.1, -0.05) is 6.07 Å². The summed E-state index contributed by atoms with van der Waals surface area (Å²) in [5.74, 6) is -0.763.